The van der Waals surface area contributed by atoms with Crippen molar-refractivity contribution < 1.29 is 14.0 Å². The van der Waals surface area contributed by atoms with Crippen LogP contribution >= 0.6 is 0 Å². The Morgan fingerprint density at radius 3 is 2.53 bits per heavy atom. The van der Waals surface area contributed by atoms with Crippen molar-refractivity contribution in [3.63, 3.8) is 0 Å². The minimum absolute atomic E-state index is 0.102. The maximum absolute atomic E-state index is 13.1. The number of nitrogens with one attached hydrogen (secondary N) is 1. The topological polar surface area (TPSA) is 81.9 Å². The van der Waals surface area contributed by atoms with E-state index in [0.29, 0.717) is 61.7 Å². The molecule has 0 bridgehead atoms. The molecule has 1 N–H and O–H groups in total. The number of likely N-dealkylation sites (tertiary alicyclic amines) is 1. The first-order chi connectivity index (χ1) is 15.2. The van der Waals surface area contributed by atoms with Gasteiger partial charge in [-0.05, 0) is 52.0 Å². The predicted octanol–water partition coefficient (Wildman–Crippen LogP) is 3.11. The molecule has 2 aromatic rings. The Morgan fingerprint density at radius 1 is 1.19 bits per heavy atom. The molecule has 2 aliphatic heterocycles. The number of rotatable bonds is 5. The van der Waals surface area contributed by atoms with Gasteiger partial charge in [-0.15, -0.1) is 0 Å². The van der Waals surface area contributed by atoms with E-state index >= 15 is 0 Å². The average Bonchev–Trinajstić information content (AvgIpc) is 3.24. The second-order valence-corrected chi connectivity index (χ2v) is 9.34. The predicted molar refractivity (Wildman–Crippen MR) is 122 cm³/mol. The summed E-state index contributed by atoms with van der Waals surface area (Å²) in [5.74, 6) is 1.64. The molecule has 4 heterocycles. The maximum atomic E-state index is 13.1. The fourth-order valence-electron chi connectivity index (χ4n) is 4.82. The highest BCUT2D eigenvalue weighted by molar-refractivity contribution is 6.01. The van der Waals surface area contributed by atoms with Gasteiger partial charge in [0.25, 0.3) is 11.8 Å². The number of piperidine rings is 1. The van der Waals surface area contributed by atoms with Gasteiger partial charge in [0.15, 0.2) is 5.76 Å². The molecule has 2 aromatic heterocycles. The number of carbonyl (C=O) groups excluding carboxylic acids is 2. The van der Waals surface area contributed by atoms with E-state index in [4.69, 9.17) is 4.42 Å². The van der Waals surface area contributed by atoms with Gasteiger partial charge < -0.3 is 19.5 Å². The van der Waals surface area contributed by atoms with Gasteiger partial charge in [-0.1, -0.05) is 0 Å². The molecule has 1 saturated heterocycles. The summed E-state index contributed by atoms with van der Waals surface area (Å²) in [5.41, 5.74) is 0.0533. The van der Waals surface area contributed by atoms with Crippen molar-refractivity contribution in [1.82, 2.24) is 20.1 Å². The first kappa shape index (κ1) is 22.3. The first-order valence-corrected chi connectivity index (χ1v) is 11.4. The minimum atomic E-state index is -0.529. The van der Waals surface area contributed by atoms with Crippen molar-refractivity contribution in [2.75, 3.05) is 25.0 Å². The Balaban J connectivity index is 1.43. The standard InChI is InChI=1S/C24H33N5O3/c1-16(2)29(17(3)4)15-18-8-9-20(32-18)23(31)28-13-10-24(11-14-28)26-22(30)19-7-6-12-25-21(19)27(24)5/h6-9,12,16-17H,10-11,13-15H2,1-5H3,(H,26,30). The van der Waals surface area contributed by atoms with Gasteiger partial charge in [-0.3, -0.25) is 14.5 Å². The van der Waals surface area contributed by atoms with Crippen LogP contribution in [0.2, 0.25) is 0 Å². The highest BCUT2D eigenvalue weighted by atomic mass is 16.4. The molecule has 8 nitrogen and oxygen atoms in total. The smallest absolute Gasteiger partial charge is 0.289 e. The molecule has 2 amide bonds. The van der Waals surface area contributed by atoms with Crippen molar-refractivity contribution in [3.8, 4) is 0 Å². The summed E-state index contributed by atoms with van der Waals surface area (Å²) in [6, 6.07) is 8.00. The molecule has 2 aliphatic rings. The Morgan fingerprint density at radius 2 is 1.88 bits per heavy atom. The van der Waals surface area contributed by atoms with E-state index in [-0.39, 0.29) is 11.8 Å². The number of hydrogen-bond acceptors (Lipinski definition) is 6. The number of amides is 2. The van der Waals surface area contributed by atoms with Gasteiger partial charge >= 0.3 is 0 Å². The van der Waals surface area contributed by atoms with Crippen LogP contribution < -0.4 is 10.2 Å². The van der Waals surface area contributed by atoms with E-state index in [0.717, 1.165) is 5.76 Å². The first-order valence-electron chi connectivity index (χ1n) is 11.4. The van der Waals surface area contributed by atoms with Gasteiger partial charge in [-0.2, -0.15) is 0 Å². The van der Waals surface area contributed by atoms with Crippen LogP contribution in [0.1, 0.15) is 67.2 Å². The minimum Gasteiger partial charge on any atom is -0.455 e. The largest absolute Gasteiger partial charge is 0.455 e. The number of furan rings is 1. The molecular weight excluding hydrogens is 406 g/mol. The third-order valence-corrected chi connectivity index (χ3v) is 6.75. The number of anilines is 1. The van der Waals surface area contributed by atoms with Crippen LogP contribution in [0.4, 0.5) is 5.82 Å². The molecule has 172 valence electrons. The zero-order chi connectivity index (χ0) is 23.0. The van der Waals surface area contributed by atoms with Crippen LogP contribution in [0.15, 0.2) is 34.9 Å². The fourth-order valence-corrected chi connectivity index (χ4v) is 4.82. The van der Waals surface area contributed by atoms with Crippen molar-refractivity contribution in [2.45, 2.75) is 64.8 Å². The lowest BCUT2D eigenvalue weighted by Crippen LogP contribution is -2.67. The number of fused-ring (bicyclic) bond motifs is 1. The quantitative estimate of drug-likeness (QED) is 0.771. The second-order valence-electron chi connectivity index (χ2n) is 9.34. The molecule has 0 atom stereocenters. The summed E-state index contributed by atoms with van der Waals surface area (Å²) in [6.45, 7) is 10.4. The van der Waals surface area contributed by atoms with Crippen molar-refractivity contribution in [2.24, 2.45) is 0 Å². The van der Waals surface area contributed by atoms with Gasteiger partial charge in [0.1, 0.15) is 17.2 Å². The summed E-state index contributed by atoms with van der Waals surface area (Å²) in [4.78, 5) is 36.3. The van der Waals surface area contributed by atoms with E-state index < -0.39 is 5.66 Å². The van der Waals surface area contributed by atoms with E-state index in [2.05, 4.69) is 42.9 Å². The summed E-state index contributed by atoms with van der Waals surface area (Å²) < 4.78 is 5.93. The molecule has 8 heteroatoms. The Kier molecular flexibility index (Phi) is 5.99. The third kappa shape index (κ3) is 3.99. The van der Waals surface area contributed by atoms with Gasteiger partial charge in [-0.25, -0.2) is 4.98 Å². The molecule has 32 heavy (non-hydrogen) atoms. The SMILES string of the molecule is CC(C)N(Cc1ccc(C(=O)N2CCC3(CC2)NC(=O)c2cccnc2N3C)o1)C(C)C. The number of hydrogen-bond donors (Lipinski definition) is 1. The summed E-state index contributed by atoms with van der Waals surface area (Å²) >= 11 is 0. The van der Waals surface area contributed by atoms with Crippen molar-refractivity contribution in [1.29, 1.82) is 0 Å². The summed E-state index contributed by atoms with van der Waals surface area (Å²) in [6.07, 6.45) is 2.95. The van der Waals surface area contributed by atoms with Crippen LogP contribution in [0.25, 0.3) is 0 Å². The summed E-state index contributed by atoms with van der Waals surface area (Å²) in [7, 11) is 1.96. The van der Waals surface area contributed by atoms with Crippen LogP contribution in [-0.4, -0.2) is 64.5 Å². The maximum Gasteiger partial charge on any atom is 0.289 e. The van der Waals surface area contributed by atoms with Gasteiger partial charge in [0.2, 0.25) is 0 Å². The fraction of sp³-hybridized carbons (Fsp3) is 0.542. The van der Waals surface area contributed by atoms with Crippen molar-refractivity contribution >= 4 is 17.6 Å². The highest BCUT2D eigenvalue weighted by Crippen LogP contribution is 2.35. The highest BCUT2D eigenvalue weighted by Gasteiger charge is 2.45. The number of aromatic nitrogens is 1. The van der Waals surface area contributed by atoms with Crippen molar-refractivity contribution in [3.05, 3.63) is 47.5 Å². The molecule has 0 unspecified atom stereocenters. The molecule has 0 radical (unpaired) electrons. The summed E-state index contributed by atoms with van der Waals surface area (Å²) in [5, 5.41) is 3.16. The van der Waals surface area contributed by atoms with Crippen LogP contribution in [0.3, 0.4) is 0 Å². The number of pyridine rings is 1. The Hall–Kier alpha value is -2.87. The van der Waals surface area contributed by atoms with E-state index in [9.17, 15) is 9.59 Å². The normalized spacial score (nSPS) is 17.9. The monoisotopic (exact) mass is 439 g/mol. The molecular formula is C24H33N5O3. The van der Waals surface area contributed by atoms with E-state index in [1.54, 1.807) is 24.4 Å². The molecule has 0 saturated carbocycles. The molecule has 0 aromatic carbocycles. The lowest BCUT2D eigenvalue weighted by atomic mass is 9.91. The number of nitrogens with zero attached hydrogens (tertiary/aromatic N) is 4. The van der Waals surface area contributed by atoms with E-state index in [1.807, 2.05) is 22.9 Å². The van der Waals surface area contributed by atoms with Gasteiger partial charge in [0.05, 0.1) is 12.1 Å². The molecule has 0 aliphatic carbocycles. The zero-order valence-corrected chi connectivity index (χ0v) is 19.6. The lowest BCUT2D eigenvalue weighted by Gasteiger charge is -2.50. The Bertz CT molecular complexity index is 983. The molecule has 1 spiro atoms. The third-order valence-electron chi connectivity index (χ3n) is 6.75. The van der Waals surface area contributed by atoms with Crippen LogP contribution in [0, 0.1) is 0 Å². The molecule has 4 rings (SSSR count). The van der Waals surface area contributed by atoms with Crippen LogP contribution in [0.5, 0.6) is 0 Å². The average molecular weight is 440 g/mol. The van der Waals surface area contributed by atoms with Crippen LogP contribution in [-0.2, 0) is 6.54 Å². The second kappa shape index (κ2) is 8.58. The van der Waals surface area contributed by atoms with Gasteiger partial charge in [0, 0.05) is 51.3 Å². The van der Waals surface area contributed by atoms with E-state index in [1.165, 1.54) is 0 Å². The Labute approximate surface area is 189 Å². The lowest BCUT2D eigenvalue weighted by molar-refractivity contribution is 0.0577. The number of carbonyl (C=O) groups is 2. The zero-order valence-electron chi connectivity index (χ0n) is 19.6. The molecule has 1 fully saturated rings.